The van der Waals surface area contributed by atoms with Crippen molar-refractivity contribution in [3.63, 3.8) is 0 Å². The van der Waals surface area contributed by atoms with Gasteiger partial charge in [-0.2, -0.15) is 0 Å². The molecule has 3 aromatic rings. The second-order valence-electron chi connectivity index (χ2n) is 6.10. The molecule has 128 valence electrons. The van der Waals surface area contributed by atoms with Crippen LogP contribution >= 0.6 is 0 Å². The van der Waals surface area contributed by atoms with Crippen LogP contribution < -0.4 is 10.2 Å². The molecule has 0 spiro atoms. The molecule has 0 radical (unpaired) electrons. The Balaban J connectivity index is 1.35. The molecule has 1 saturated heterocycles. The fourth-order valence-electron chi connectivity index (χ4n) is 3.17. The number of nitrogens with zero attached hydrogens (tertiary/aromatic N) is 5. The summed E-state index contributed by atoms with van der Waals surface area (Å²) in [5, 5.41) is 2.99. The Bertz CT molecular complexity index is 856. The molecule has 3 aromatic heterocycles. The largest absolute Gasteiger partial charge is 0.355 e. The highest BCUT2D eigenvalue weighted by Crippen LogP contribution is 2.25. The minimum Gasteiger partial charge on any atom is -0.355 e. The van der Waals surface area contributed by atoms with Gasteiger partial charge in [0.15, 0.2) is 11.5 Å². The van der Waals surface area contributed by atoms with E-state index in [0.29, 0.717) is 12.2 Å². The van der Waals surface area contributed by atoms with Crippen LogP contribution in [0.1, 0.15) is 18.5 Å². The molecule has 1 aliphatic heterocycles. The first-order valence-corrected chi connectivity index (χ1v) is 8.38. The summed E-state index contributed by atoms with van der Waals surface area (Å²) in [7, 11) is 0. The zero-order valence-electron chi connectivity index (χ0n) is 13.7. The van der Waals surface area contributed by atoms with E-state index in [2.05, 4.69) is 35.1 Å². The van der Waals surface area contributed by atoms with E-state index in [-0.39, 0.29) is 11.8 Å². The van der Waals surface area contributed by atoms with Gasteiger partial charge in [0.1, 0.15) is 11.8 Å². The molecule has 0 bridgehead atoms. The Labute approximate surface area is 144 Å². The van der Waals surface area contributed by atoms with Crippen LogP contribution in [0, 0.1) is 5.92 Å². The molecule has 8 nitrogen and oxygen atoms in total. The third-order valence-corrected chi connectivity index (χ3v) is 4.54. The van der Waals surface area contributed by atoms with Gasteiger partial charge >= 0.3 is 0 Å². The molecule has 4 heterocycles. The summed E-state index contributed by atoms with van der Waals surface area (Å²) in [5.74, 6) is 0.980. The molecular weight excluding hydrogens is 318 g/mol. The third-order valence-electron chi connectivity index (χ3n) is 4.54. The normalized spacial score (nSPS) is 15.4. The Morgan fingerprint density at radius 3 is 2.88 bits per heavy atom. The van der Waals surface area contributed by atoms with Crippen LogP contribution in [0.5, 0.6) is 0 Å². The van der Waals surface area contributed by atoms with E-state index in [1.54, 1.807) is 12.5 Å². The number of rotatable bonds is 4. The van der Waals surface area contributed by atoms with Gasteiger partial charge in [0.05, 0.1) is 18.6 Å². The molecule has 1 aliphatic rings. The zero-order valence-corrected chi connectivity index (χ0v) is 13.7. The van der Waals surface area contributed by atoms with Crippen molar-refractivity contribution < 1.29 is 4.79 Å². The van der Waals surface area contributed by atoms with E-state index < -0.39 is 0 Å². The smallest absolute Gasteiger partial charge is 0.223 e. The number of imidazole rings is 1. The summed E-state index contributed by atoms with van der Waals surface area (Å²) in [4.78, 5) is 34.6. The number of fused-ring (bicyclic) bond motifs is 1. The van der Waals surface area contributed by atoms with Crippen LogP contribution in [0.4, 0.5) is 5.82 Å². The minimum absolute atomic E-state index is 0.0269. The second-order valence-corrected chi connectivity index (χ2v) is 6.10. The number of H-pyrrole nitrogens is 1. The number of anilines is 1. The highest BCUT2D eigenvalue weighted by Gasteiger charge is 2.26. The van der Waals surface area contributed by atoms with Gasteiger partial charge in [0, 0.05) is 25.2 Å². The van der Waals surface area contributed by atoms with Crippen LogP contribution in [0.25, 0.3) is 11.2 Å². The molecule has 2 N–H and O–H groups in total. The summed E-state index contributed by atoms with van der Waals surface area (Å²) >= 11 is 0. The Morgan fingerprint density at radius 1 is 1.20 bits per heavy atom. The van der Waals surface area contributed by atoms with Crippen molar-refractivity contribution in [2.24, 2.45) is 5.92 Å². The monoisotopic (exact) mass is 337 g/mol. The number of hydrogen-bond donors (Lipinski definition) is 2. The molecule has 0 unspecified atom stereocenters. The fraction of sp³-hybridized carbons (Fsp3) is 0.353. The Hall–Kier alpha value is -3.03. The highest BCUT2D eigenvalue weighted by molar-refractivity contribution is 5.83. The minimum atomic E-state index is 0.0269. The van der Waals surface area contributed by atoms with Gasteiger partial charge < -0.3 is 15.2 Å². The van der Waals surface area contributed by atoms with E-state index in [1.165, 1.54) is 6.33 Å². The van der Waals surface area contributed by atoms with Crippen LogP contribution in [-0.2, 0) is 11.3 Å². The van der Waals surface area contributed by atoms with Gasteiger partial charge in [0.25, 0.3) is 0 Å². The number of aromatic amines is 1. The van der Waals surface area contributed by atoms with Crippen LogP contribution in [0.2, 0.25) is 0 Å². The number of aromatic nitrogens is 5. The van der Waals surface area contributed by atoms with Crippen LogP contribution in [0.15, 0.2) is 37.1 Å². The zero-order chi connectivity index (χ0) is 17.1. The average Bonchev–Trinajstić information content (AvgIpc) is 3.16. The molecule has 0 aliphatic carbocycles. The van der Waals surface area contributed by atoms with Gasteiger partial charge in [0.2, 0.25) is 5.91 Å². The molecule has 25 heavy (non-hydrogen) atoms. The van der Waals surface area contributed by atoms with Crippen molar-refractivity contribution >= 4 is 22.9 Å². The summed E-state index contributed by atoms with van der Waals surface area (Å²) < 4.78 is 0. The van der Waals surface area contributed by atoms with Crippen molar-refractivity contribution in [2.45, 2.75) is 19.4 Å². The maximum Gasteiger partial charge on any atom is 0.223 e. The van der Waals surface area contributed by atoms with E-state index in [1.807, 2.05) is 18.2 Å². The molecule has 0 aromatic carbocycles. The van der Waals surface area contributed by atoms with E-state index >= 15 is 0 Å². The Kier molecular flexibility index (Phi) is 4.24. The molecule has 1 amide bonds. The average molecular weight is 337 g/mol. The molecule has 0 atom stereocenters. The molecule has 1 fully saturated rings. The lowest BCUT2D eigenvalue weighted by Gasteiger charge is -2.32. The lowest BCUT2D eigenvalue weighted by molar-refractivity contribution is -0.125. The van der Waals surface area contributed by atoms with Crippen LogP contribution in [-0.4, -0.2) is 43.9 Å². The van der Waals surface area contributed by atoms with E-state index in [0.717, 1.165) is 43.0 Å². The summed E-state index contributed by atoms with van der Waals surface area (Å²) in [5.41, 5.74) is 2.39. The standard InChI is InChI=1S/C17H19N7O/c25-17(19-9-13-3-1-2-6-18-13)12-4-7-24(8-5-12)16-14-15(21-10-20-14)22-11-23-16/h1-3,6,10-12H,4-5,7-9H2,(H,19,25)(H,20,21,22,23). The van der Waals surface area contributed by atoms with Gasteiger partial charge in [-0.3, -0.25) is 9.78 Å². The lowest BCUT2D eigenvalue weighted by Crippen LogP contribution is -2.40. The topological polar surface area (TPSA) is 99.7 Å². The van der Waals surface area contributed by atoms with Gasteiger partial charge in [-0.15, -0.1) is 0 Å². The molecule has 8 heteroatoms. The maximum atomic E-state index is 12.4. The van der Waals surface area contributed by atoms with Crippen molar-refractivity contribution in [1.29, 1.82) is 0 Å². The first kappa shape index (κ1) is 15.5. The number of carbonyl (C=O) groups is 1. The number of pyridine rings is 1. The predicted octanol–water partition coefficient (Wildman–Crippen LogP) is 1.28. The van der Waals surface area contributed by atoms with Gasteiger partial charge in [-0.25, -0.2) is 15.0 Å². The van der Waals surface area contributed by atoms with Crippen molar-refractivity contribution in [3.05, 3.63) is 42.7 Å². The molecule has 4 rings (SSSR count). The first-order valence-electron chi connectivity index (χ1n) is 8.38. The van der Waals surface area contributed by atoms with Crippen LogP contribution in [0.3, 0.4) is 0 Å². The summed E-state index contributed by atoms with van der Waals surface area (Å²) in [6.45, 7) is 2.04. The van der Waals surface area contributed by atoms with E-state index in [9.17, 15) is 4.79 Å². The quantitative estimate of drug-likeness (QED) is 0.744. The molecule has 0 saturated carbocycles. The van der Waals surface area contributed by atoms with Crippen molar-refractivity contribution in [3.8, 4) is 0 Å². The lowest BCUT2D eigenvalue weighted by atomic mass is 9.96. The SMILES string of the molecule is O=C(NCc1ccccn1)C1CCN(c2ncnc3nc[nH]c23)CC1. The first-order chi connectivity index (χ1) is 12.3. The molecular formula is C17H19N7O. The number of carbonyl (C=O) groups excluding carboxylic acids is 1. The number of nitrogens with one attached hydrogen (secondary N) is 2. The predicted molar refractivity (Wildman–Crippen MR) is 92.7 cm³/mol. The number of hydrogen-bond acceptors (Lipinski definition) is 6. The summed E-state index contributed by atoms with van der Waals surface area (Å²) in [6, 6.07) is 5.70. The number of amides is 1. The van der Waals surface area contributed by atoms with Gasteiger partial charge in [-0.1, -0.05) is 6.07 Å². The van der Waals surface area contributed by atoms with Gasteiger partial charge in [-0.05, 0) is 25.0 Å². The second kappa shape index (κ2) is 6.84. The maximum absolute atomic E-state index is 12.4. The number of piperidine rings is 1. The van der Waals surface area contributed by atoms with E-state index in [4.69, 9.17) is 0 Å². The Morgan fingerprint density at radius 2 is 2.08 bits per heavy atom. The van der Waals surface area contributed by atoms with Crippen molar-refractivity contribution in [2.75, 3.05) is 18.0 Å². The fourth-order valence-corrected chi connectivity index (χ4v) is 3.17. The summed E-state index contributed by atoms with van der Waals surface area (Å²) in [6.07, 6.45) is 6.49. The third kappa shape index (κ3) is 3.28. The van der Waals surface area contributed by atoms with Crippen molar-refractivity contribution in [1.82, 2.24) is 30.2 Å². The highest BCUT2D eigenvalue weighted by atomic mass is 16.1.